The Kier molecular flexibility index (Phi) is 3.39. The maximum Gasteiger partial charge on any atom is 0.142 e. The van der Waals surface area contributed by atoms with Crippen molar-refractivity contribution in [2.24, 2.45) is 5.92 Å². The van der Waals surface area contributed by atoms with Crippen molar-refractivity contribution in [3.63, 3.8) is 0 Å². The Bertz CT molecular complexity index is 367. The number of ether oxygens (including phenoxy) is 1. The van der Waals surface area contributed by atoms with E-state index in [2.05, 4.69) is 19.1 Å². The summed E-state index contributed by atoms with van der Waals surface area (Å²) in [5, 5.41) is 0. The first-order chi connectivity index (χ1) is 7.65. The molecule has 0 aromatic heterocycles. The molecule has 2 heteroatoms. The highest BCUT2D eigenvalue weighted by Gasteiger charge is 2.27. The second-order valence-corrected chi connectivity index (χ2v) is 4.71. The zero-order chi connectivity index (χ0) is 11.5. The van der Waals surface area contributed by atoms with E-state index in [1.807, 2.05) is 19.1 Å². The molecule has 16 heavy (non-hydrogen) atoms. The Morgan fingerprint density at radius 3 is 2.62 bits per heavy atom. The fourth-order valence-electron chi connectivity index (χ4n) is 2.09. The summed E-state index contributed by atoms with van der Waals surface area (Å²) >= 11 is 0. The van der Waals surface area contributed by atoms with Crippen LogP contribution in [-0.2, 0) is 16.0 Å². The quantitative estimate of drug-likeness (QED) is 0.779. The fourth-order valence-corrected chi connectivity index (χ4v) is 2.09. The van der Waals surface area contributed by atoms with Crippen LogP contribution in [0.4, 0.5) is 0 Å². The summed E-state index contributed by atoms with van der Waals surface area (Å²) in [7, 11) is 0. The summed E-state index contributed by atoms with van der Waals surface area (Å²) in [5.41, 5.74) is 2.34. The van der Waals surface area contributed by atoms with Gasteiger partial charge in [-0.05, 0) is 25.8 Å². The number of carbonyl (C=O) groups is 1. The molecule has 1 fully saturated rings. The van der Waals surface area contributed by atoms with Crippen LogP contribution < -0.4 is 0 Å². The van der Waals surface area contributed by atoms with E-state index in [4.69, 9.17) is 4.74 Å². The van der Waals surface area contributed by atoms with Gasteiger partial charge in [0.2, 0.25) is 0 Å². The van der Waals surface area contributed by atoms with Crippen LogP contribution in [0.5, 0.6) is 0 Å². The Morgan fingerprint density at radius 1 is 1.38 bits per heavy atom. The number of Topliss-reactive ketones (excluding diaryl/α,β-unsaturated/α-hetero) is 1. The van der Waals surface area contributed by atoms with Crippen LogP contribution in [0.1, 0.15) is 24.5 Å². The molecule has 2 nitrogen and oxygen atoms in total. The smallest absolute Gasteiger partial charge is 0.142 e. The predicted molar refractivity (Wildman–Crippen MR) is 63.4 cm³/mol. The number of aryl methyl sites for hydroxylation is 1. The maximum absolute atomic E-state index is 12.0. The van der Waals surface area contributed by atoms with Gasteiger partial charge < -0.3 is 4.74 Å². The highest BCUT2D eigenvalue weighted by atomic mass is 16.5. The molecule has 1 heterocycles. The molecule has 2 rings (SSSR count). The zero-order valence-corrected chi connectivity index (χ0v) is 9.90. The van der Waals surface area contributed by atoms with Gasteiger partial charge in [-0.25, -0.2) is 0 Å². The molecular weight excluding hydrogens is 200 g/mol. The van der Waals surface area contributed by atoms with Crippen LogP contribution in [0, 0.1) is 12.8 Å². The minimum Gasteiger partial charge on any atom is -0.378 e. The molecule has 86 valence electrons. The third-order valence-electron chi connectivity index (χ3n) is 3.15. The summed E-state index contributed by atoms with van der Waals surface area (Å²) in [5.74, 6) is 0.421. The van der Waals surface area contributed by atoms with Crippen molar-refractivity contribution in [2.75, 3.05) is 6.61 Å². The number of rotatable bonds is 3. The standard InChI is InChI=1S/C14H18O2/c1-10-3-5-12(6-4-10)8-14(15)13-7-11(2)16-9-13/h3-6,11,13H,7-9H2,1-2H3. The van der Waals surface area contributed by atoms with Gasteiger partial charge in [0, 0.05) is 12.3 Å². The van der Waals surface area contributed by atoms with Gasteiger partial charge in [-0.1, -0.05) is 29.8 Å². The third-order valence-corrected chi connectivity index (χ3v) is 3.15. The van der Waals surface area contributed by atoms with E-state index in [-0.39, 0.29) is 12.0 Å². The third kappa shape index (κ3) is 2.70. The summed E-state index contributed by atoms with van der Waals surface area (Å²) in [6.07, 6.45) is 1.66. The van der Waals surface area contributed by atoms with E-state index in [9.17, 15) is 4.79 Å². The Balaban J connectivity index is 1.94. The molecule has 0 bridgehead atoms. The van der Waals surface area contributed by atoms with Gasteiger partial charge in [-0.2, -0.15) is 0 Å². The van der Waals surface area contributed by atoms with Crippen LogP contribution in [0.15, 0.2) is 24.3 Å². The minimum atomic E-state index is 0.108. The number of ketones is 1. The van der Waals surface area contributed by atoms with Crippen molar-refractivity contribution >= 4 is 5.78 Å². The Labute approximate surface area is 96.6 Å². The van der Waals surface area contributed by atoms with Crippen LogP contribution in [-0.4, -0.2) is 18.5 Å². The Morgan fingerprint density at radius 2 is 2.06 bits per heavy atom. The largest absolute Gasteiger partial charge is 0.378 e. The molecule has 1 aliphatic heterocycles. The van der Waals surface area contributed by atoms with E-state index in [1.54, 1.807) is 0 Å². The van der Waals surface area contributed by atoms with Crippen molar-refractivity contribution in [1.29, 1.82) is 0 Å². The lowest BCUT2D eigenvalue weighted by Crippen LogP contribution is -2.16. The lowest BCUT2D eigenvalue weighted by Gasteiger charge is -2.06. The molecule has 1 aromatic rings. The number of hydrogen-bond donors (Lipinski definition) is 0. The fraction of sp³-hybridized carbons (Fsp3) is 0.500. The second-order valence-electron chi connectivity index (χ2n) is 4.71. The van der Waals surface area contributed by atoms with Crippen LogP contribution >= 0.6 is 0 Å². The second kappa shape index (κ2) is 4.79. The van der Waals surface area contributed by atoms with Gasteiger partial charge in [-0.3, -0.25) is 4.79 Å². The van der Waals surface area contributed by atoms with Crippen molar-refractivity contribution in [3.8, 4) is 0 Å². The molecule has 0 amide bonds. The van der Waals surface area contributed by atoms with Crippen molar-refractivity contribution < 1.29 is 9.53 Å². The van der Waals surface area contributed by atoms with Crippen LogP contribution in [0.2, 0.25) is 0 Å². The normalized spacial score (nSPS) is 24.6. The molecule has 0 saturated carbocycles. The molecule has 1 saturated heterocycles. The highest BCUT2D eigenvalue weighted by molar-refractivity contribution is 5.83. The van der Waals surface area contributed by atoms with Crippen molar-refractivity contribution in [2.45, 2.75) is 32.8 Å². The van der Waals surface area contributed by atoms with E-state index in [0.29, 0.717) is 18.8 Å². The summed E-state index contributed by atoms with van der Waals surface area (Å²) < 4.78 is 5.42. The SMILES string of the molecule is Cc1ccc(CC(=O)C2COC(C)C2)cc1. The molecule has 0 radical (unpaired) electrons. The molecule has 1 aromatic carbocycles. The average Bonchev–Trinajstić information content (AvgIpc) is 2.68. The van der Waals surface area contributed by atoms with Crippen molar-refractivity contribution in [1.82, 2.24) is 0 Å². The first-order valence-corrected chi connectivity index (χ1v) is 5.85. The van der Waals surface area contributed by atoms with E-state index in [1.165, 1.54) is 5.56 Å². The Hall–Kier alpha value is -1.15. The molecule has 1 aliphatic rings. The molecule has 0 spiro atoms. The topological polar surface area (TPSA) is 26.3 Å². The van der Waals surface area contributed by atoms with Gasteiger partial charge in [0.25, 0.3) is 0 Å². The van der Waals surface area contributed by atoms with E-state index in [0.717, 1.165) is 12.0 Å². The lowest BCUT2D eigenvalue weighted by atomic mass is 9.95. The summed E-state index contributed by atoms with van der Waals surface area (Å²) in [6.45, 7) is 4.68. The molecule has 2 unspecified atom stereocenters. The molecule has 2 atom stereocenters. The van der Waals surface area contributed by atoms with Gasteiger partial charge >= 0.3 is 0 Å². The molecular formula is C14H18O2. The van der Waals surface area contributed by atoms with Gasteiger partial charge in [-0.15, -0.1) is 0 Å². The van der Waals surface area contributed by atoms with E-state index < -0.39 is 0 Å². The lowest BCUT2D eigenvalue weighted by molar-refractivity contribution is -0.122. The number of benzene rings is 1. The molecule has 0 N–H and O–H groups in total. The first-order valence-electron chi connectivity index (χ1n) is 5.85. The first kappa shape index (κ1) is 11.3. The van der Waals surface area contributed by atoms with Gasteiger partial charge in [0.05, 0.1) is 12.7 Å². The number of hydrogen-bond acceptors (Lipinski definition) is 2. The highest BCUT2D eigenvalue weighted by Crippen LogP contribution is 2.21. The maximum atomic E-state index is 12.0. The van der Waals surface area contributed by atoms with E-state index >= 15 is 0 Å². The minimum absolute atomic E-state index is 0.108. The van der Waals surface area contributed by atoms with Gasteiger partial charge in [0.15, 0.2) is 0 Å². The summed E-state index contributed by atoms with van der Waals surface area (Å²) in [6, 6.07) is 8.17. The zero-order valence-electron chi connectivity index (χ0n) is 9.90. The van der Waals surface area contributed by atoms with Crippen LogP contribution in [0.25, 0.3) is 0 Å². The van der Waals surface area contributed by atoms with Crippen LogP contribution in [0.3, 0.4) is 0 Å². The number of carbonyl (C=O) groups excluding carboxylic acids is 1. The average molecular weight is 218 g/mol. The van der Waals surface area contributed by atoms with Crippen molar-refractivity contribution in [3.05, 3.63) is 35.4 Å². The summed E-state index contributed by atoms with van der Waals surface area (Å²) in [4.78, 5) is 12.0. The predicted octanol–water partition coefficient (Wildman–Crippen LogP) is 2.53. The monoisotopic (exact) mass is 218 g/mol. The molecule has 0 aliphatic carbocycles. The van der Waals surface area contributed by atoms with Gasteiger partial charge in [0.1, 0.15) is 5.78 Å².